The highest BCUT2D eigenvalue weighted by atomic mass is 19.3. The van der Waals surface area contributed by atoms with Gasteiger partial charge in [-0.25, -0.2) is 9.37 Å². The van der Waals surface area contributed by atoms with Gasteiger partial charge in [-0.15, -0.1) is 0 Å². The molecule has 1 saturated carbocycles. The first-order valence-corrected chi connectivity index (χ1v) is 15.3. The number of pyridine rings is 1. The highest BCUT2D eigenvalue weighted by molar-refractivity contribution is 5.98. The average Bonchev–Trinajstić information content (AvgIpc) is 3.30. The van der Waals surface area contributed by atoms with Gasteiger partial charge in [0.2, 0.25) is 17.7 Å². The Bertz CT molecular complexity index is 1290. The molecule has 2 atom stereocenters. The first-order chi connectivity index (χ1) is 21.0. The van der Waals surface area contributed by atoms with Crippen molar-refractivity contribution in [3.05, 3.63) is 53.5 Å². The van der Waals surface area contributed by atoms with Crippen LogP contribution in [0.25, 0.3) is 0 Å². The number of ether oxygens (including phenoxy) is 1. The van der Waals surface area contributed by atoms with Crippen LogP contribution in [0.5, 0.6) is 5.88 Å². The number of methoxy groups -OCH3 is 1. The molecular formula is C32H42F3N5O4. The molecule has 0 spiro atoms. The summed E-state index contributed by atoms with van der Waals surface area (Å²) in [7, 11) is 3.35. The number of rotatable bonds is 10. The van der Waals surface area contributed by atoms with Crippen LogP contribution in [0.2, 0.25) is 0 Å². The number of alkyl halides is 2. The van der Waals surface area contributed by atoms with Crippen molar-refractivity contribution in [1.29, 1.82) is 0 Å². The quantitative estimate of drug-likeness (QED) is 0.376. The van der Waals surface area contributed by atoms with Crippen LogP contribution in [0.4, 0.5) is 18.9 Å². The molecule has 0 bridgehead atoms. The summed E-state index contributed by atoms with van der Waals surface area (Å²) in [4.78, 5) is 46.9. The molecule has 0 radical (unpaired) electrons. The third-order valence-corrected chi connectivity index (χ3v) is 8.69. The molecule has 240 valence electrons. The number of hydrogen-bond donors (Lipinski definition) is 2. The van der Waals surface area contributed by atoms with Crippen LogP contribution in [-0.4, -0.2) is 78.9 Å². The van der Waals surface area contributed by atoms with Crippen molar-refractivity contribution in [2.24, 2.45) is 5.92 Å². The van der Waals surface area contributed by atoms with Crippen molar-refractivity contribution >= 4 is 23.4 Å². The standard InChI is InChI=1S/C32H42F3N5O4/c1-21(18-28(41)40-16-14-39(2)15-17-40)23-10-12-26(25(33)19-23)37-30(42)29(22-8-6-4-5-7-9-22)38-31(43)32(34,35)24-11-13-27(44-3)36-20-24/h10-13,19-22,29H,4-9,14-18H2,1-3H3,(H,37,42)(H,38,43)/t21-,29+/m1/s1. The number of amides is 3. The van der Waals surface area contributed by atoms with Gasteiger partial charge in [-0.1, -0.05) is 38.7 Å². The Morgan fingerprint density at radius 2 is 1.73 bits per heavy atom. The summed E-state index contributed by atoms with van der Waals surface area (Å²) < 4.78 is 50.5. The number of nitrogens with one attached hydrogen (secondary N) is 2. The maximum Gasteiger partial charge on any atom is 0.351 e. The van der Waals surface area contributed by atoms with Gasteiger partial charge >= 0.3 is 5.92 Å². The van der Waals surface area contributed by atoms with Gasteiger partial charge in [-0.2, -0.15) is 8.78 Å². The molecule has 9 nitrogen and oxygen atoms in total. The minimum Gasteiger partial charge on any atom is -0.481 e. The van der Waals surface area contributed by atoms with E-state index >= 15 is 13.2 Å². The smallest absolute Gasteiger partial charge is 0.351 e. The van der Waals surface area contributed by atoms with E-state index in [9.17, 15) is 14.4 Å². The van der Waals surface area contributed by atoms with Crippen LogP contribution in [0.3, 0.4) is 0 Å². The normalized spacial score (nSPS) is 18.2. The number of likely N-dealkylation sites (N-methyl/N-ethyl adjacent to an activating group) is 1. The summed E-state index contributed by atoms with van der Waals surface area (Å²) in [5, 5.41) is 4.80. The zero-order chi connectivity index (χ0) is 31.9. The summed E-state index contributed by atoms with van der Waals surface area (Å²) in [5.41, 5.74) is -0.169. The van der Waals surface area contributed by atoms with Gasteiger partial charge < -0.3 is 25.2 Å². The Morgan fingerprint density at radius 1 is 1.05 bits per heavy atom. The third-order valence-electron chi connectivity index (χ3n) is 8.69. The average molecular weight is 618 g/mol. The van der Waals surface area contributed by atoms with Gasteiger partial charge in [0.25, 0.3) is 5.91 Å². The molecule has 1 aliphatic heterocycles. The van der Waals surface area contributed by atoms with Crippen molar-refractivity contribution < 1.29 is 32.3 Å². The number of nitrogens with zero attached hydrogens (tertiary/aromatic N) is 3. The Morgan fingerprint density at radius 3 is 2.32 bits per heavy atom. The van der Waals surface area contributed by atoms with E-state index in [1.54, 1.807) is 6.07 Å². The predicted molar refractivity (Wildman–Crippen MR) is 160 cm³/mol. The second-order valence-electron chi connectivity index (χ2n) is 11.9. The van der Waals surface area contributed by atoms with Gasteiger partial charge in [0.05, 0.1) is 12.8 Å². The van der Waals surface area contributed by atoms with Crippen molar-refractivity contribution in [2.75, 3.05) is 45.7 Å². The predicted octanol–water partition coefficient (Wildman–Crippen LogP) is 4.68. The van der Waals surface area contributed by atoms with Crippen molar-refractivity contribution in [3.63, 3.8) is 0 Å². The Kier molecular flexibility index (Phi) is 11.2. The molecule has 2 heterocycles. The Labute approximate surface area is 256 Å². The number of hydrogen-bond acceptors (Lipinski definition) is 6. The molecule has 2 N–H and O–H groups in total. The van der Waals surface area contributed by atoms with Crippen LogP contribution >= 0.6 is 0 Å². The summed E-state index contributed by atoms with van der Waals surface area (Å²) in [6, 6.07) is 5.30. The molecule has 2 aliphatic rings. The highest BCUT2D eigenvalue weighted by Gasteiger charge is 2.44. The zero-order valence-corrected chi connectivity index (χ0v) is 25.6. The number of anilines is 1. The molecule has 1 aliphatic carbocycles. The van der Waals surface area contributed by atoms with E-state index < -0.39 is 41.1 Å². The van der Waals surface area contributed by atoms with Crippen LogP contribution < -0.4 is 15.4 Å². The lowest BCUT2D eigenvalue weighted by atomic mass is 9.90. The van der Waals surface area contributed by atoms with Crippen LogP contribution in [0.15, 0.2) is 36.5 Å². The van der Waals surface area contributed by atoms with E-state index in [0.29, 0.717) is 31.5 Å². The molecule has 2 fully saturated rings. The molecule has 2 aromatic rings. The molecule has 4 rings (SSSR count). The lowest BCUT2D eigenvalue weighted by molar-refractivity contribution is -0.149. The Hall–Kier alpha value is -3.67. The van der Waals surface area contributed by atoms with Gasteiger partial charge in [0.1, 0.15) is 11.9 Å². The second-order valence-corrected chi connectivity index (χ2v) is 11.9. The summed E-state index contributed by atoms with van der Waals surface area (Å²) in [6.07, 6.45) is 5.67. The van der Waals surface area contributed by atoms with Gasteiger partial charge in [0.15, 0.2) is 0 Å². The topological polar surface area (TPSA) is 104 Å². The van der Waals surface area contributed by atoms with Gasteiger partial charge in [0, 0.05) is 50.4 Å². The molecule has 1 saturated heterocycles. The Balaban J connectivity index is 1.46. The molecule has 0 unspecified atom stereocenters. The van der Waals surface area contributed by atoms with E-state index in [1.165, 1.54) is 25.3 Å². The first kappa shape index (κ1) is 33.2. The highest BCUT2D eigenvalue weighted by Crippen LogP contribution is 2.32. The molecule has 3 amide bonds. The summed E-state index contributed by atoms with van der Waals surface area (Å²) in [5.74, 6) is -7.61. The number of carbonyl (C=O) groups excluding carboxylic acids is 3. The monoisotopic (exact) mass is 617 g/mol. The maximum atomic E-state index is 15.3. The molecule has 1 aromatic heterocycles. The fraction of sp³-hybridized carbons (Fsp3) is 0.562. The lowest BCUT2D eigenvalue weighted by Gasteiger charge is -2.33. The lowest BCUT2D eigenvalue weighted by Crippen LogP contribution is -2.52. The van der Waals surface area contributed by atoms with E-state index in [4.69, 9.17) is 4.74 Å². The zero-order valence-electron chi connectivity index (χ0n) is 25.6. The minimum absolute atomic E-state index is 0.00703. The maximum absolute atomic E-state index is 15.3. The number of halogens is 3. The van der Waals surface area contributed by atoms with Crippen molar-refractivity contribution in [1.82, 2.24) is 20.1 Å². The first-order valence-electron chi connectivity index (χ1n) is 15.3. The number of benzene rings is 1. The summed E-state index contributed by atoms with van der Waals surface area (Å²) in [6.45, 7) is 4.77. The van der Waals surface area contributed by atoms with Crippen LogP contribution in [0, 0.1) is 11.7 Å². The third kappa shape index (κ3) is 8.28. The molecular weight excluding hydrogens is 575 g/mol. The van der Waals surface area contributed by atoms with Crippen molar-refractivity contribution in [2.45, 2.75) is 69.8 Å². The molecule has 44 heavy (non-hydrogen) atoms. The second kappa shape index (κ2) is 14.9. The van der Waals surface area contributed by atoms with Gasteiger partial charge in [-0.3, -0.25) is 14.4 Å². The SMILES string of the molecule is COc1ccc(C(F)(F)C(=O)N[C@H](C(=O)Nc2ccc([C@H](C)CC(=O)N3CCN(C)CC3)cc2F)C2CCCCCC2)cn1. The van der Waals surface area contributed by atoms with E-state index in [0.717, 1.165) is 51.0 Å². The fourth-order valence-corrected chi connectivity index (χ4v) is 5.81. The number of aromatic nitrogens is 1. The van der Waals surface area contributed by atoms with E-state index in [1.807, 2.05) is 18.9 Å². The summed E-state index contributed by atoms with van der Waals surface area (Å²) >= 11 is 0. The largest absolute Gasteiger partial charge is 0.481 e. The fourth-order valence-electron chi connectivity index (χ4n) is 5.81. The van der Waals surface area contributed by atoms with E-state index in [2.05, 4.69) is 20.5 Å². The molecule has 12 heteroatoms. The van der Waals surface area contributed by atoms with Crippen LogP contribution in [-0.2, 0) is 20.3 Å². The van der Waals surface area contributed by atoms with Crippen LogP contribution in [0.1, 0.15) is 68.9 Å². The van der Waals surface area contributed by atoms with Gasteiger partial charge in [-0.05, 0) is 55.5 Å². The molecule has 1 aromatic carbocycles. The number of carbonyl (C=O) groups is 3. The van der Waals surface area contributed by atoms with E-state index in [-0.39, 0.29) is 29.8 Å². The number of piperazine rings is 1. The minimum atomic E-state index is -3.97. The van der Waals surface area contributed by atoms with Crippen molar-refractivity contribution in [3.8, 4) is 5.88 Å².